The highest BCUT2D eigenvalue weighted by Gasteiger charge is 2.13. The third-order valence-corrected chi connectivity index (χ3v) is 5.26. The number of rotatable bonds is 3. The molecule has 0 bridgehead atoms. The van der Waals surface area contributed by atoms with Gasteiger partial charge in [-0.3, -0.25) is 9.79 Å². The summed E-state index contributed by atoms with van der Waals surface area (Å²) in [4.78, 5) is 17.4. The van der Waals surface area contributed by atoms with Gasteiger partial charge < -0.3 is 5.32 Å². The van der Waals surface area contributed by atoms with Gasteiger partial charge in [-0.05, 0) is 25.0 Å². The second kappa shape index (κ2) is 7.08. The van der Waals surface area contributed by atoms with Crippen molar-refractivity contribution in [2.24, 2.45) is 12.0 Å². The summed E-state index contributed by atoms with van der Waals surface area (Å²) >= 11 is 1.61. The molecule has 0 radical (unpaired) electrons. The molecular formula is C17H22N4OS. The molecule has 1 heterocycles. The Labute approximate surface area is 140 Å². The number of nitrogens with one attached hydrogen (secondary N) is 1. The quantitative estimate of drug-likeness (QED) is 0.941. The number of carbonyl (C=O) groups excluding carboxylic acids is 1. The van der Waals surface area contributed by atoms with Crippen LogP contribution in [0, 0.1) is 0 Å². The molecule has 1 saturated carbocycles. The van der Waals surface area contributed by atoms with E-state index in [9.17, 15) is 4.79 Å². The molecule has 1 fully saturated rings. The Morgan fingerprint density at radius 2 is 1.96 bits per heavy atom. The topological polar surface area (TPSA) is 59.3 Å². The number of amides is 1. The first-order chi connectivity index (χ1) is 11.2. The Kier molecular flexibility index (Phi) is 4.91. The highest BCUT2D eigenvalue weighted by molar-refractivity contribution is 7.12. The average Bonchev–Trinajstić information content (AvgIpc) is 2.96. The maximum atomic E-state index is 11.6. The molecule has 1 aliphatic carbocycles. The van der Waals surface area contributed by atoms with Gasteiger partial charge in [-0.2, -0.15) is 5.10 Å². The summed E-state index contributed by atoms with van der Waals surface area (Å²) in [6.07, 6.45) is 6.28. The highest BCUT2D eigenvalue weighted by Crippen LogP contribution is 2.22. The lowest BCUT2D eigenvalue weighted by Crippen LogP contribution is -2.18. The third kappa shape index (κ3) is 3.69. The lowest BCUT2D eigenvalue weighted by Gasteiger charge is -2.16. The van der Waals surface area contributed by atoms with Crippen LogP contribution >= 0.6 is 11.3 Å². The van der Waals surface area contributed by atoms with Crippen LogP contribution in [0.3, 0.4) is 0 Å². The normalized spacial score (nSPS) is 16.5. The molecule has 1 aromatic carbocycles. The van der Waals surface area contributed by atoms with Crippen LogP contribution in [0.5, 0.6) is 0 Å². The molecule has 6 heteroatoms. The molecule has 2 aromatic rings. The number of aryl methyl sites for hydroxylation is 1. The Morgan fingerprint density at radius 1 is 1.26 bits per heavy atom. The van der Waals surface area contributed by atoms with Crippen LogP contribution in [0.2, 0.25) is 0 Å². The van der Waals surface area contributed by atoms with Crippen molar-refractivity contribution in [3.63, 3.8) is 0 Å². The number of carbonyl (C=O) groups is 1. The molecular weight excluding hydrogens is 308 g/mol. The van der Waals surface area contributed by atoms with Crippen molar-refractivity contribution >= 4 is 17.2 Å². The minimum Gasteiger partial charge on any atom is -0.355 e. The minimum absolute atomic E-state index is 0.0748. The van der Waals surface area contributed by atoms with E-state index in [1.54, 1.807) is 18.4 Å². The lowest BCUT2D eigenvalue weighted by atomic mass is 9.96. The fourth-order valence-electron chi connectivity index (χ4n) is 2.85. The van der Waals surface area contributed by atoms with Crippen LogP contribution in [-0.2, 0) is 7.05 Å². The second-order valence-corrected chi connectivity index (χ2v) is 6.85. The van der Waals surface area contributed by atoms with E-state index in [1.807, 2.05) is 36.0 Å². The summed E-state index contributed by atoms with van der Waals surface area (Å²) < 4.78 is 1.86. The maximum absolute atomic E-state index is 11.6. The van der Waals surface area contributed by atoms with Gasteiger partial charge in [-0.15, -0.1) is 0 Å². The summed E-state index contributed by atoms with van der Waals surface area (Å²) in [5.41, 5.74) is 1.67. The zero-order chi connectivity index (χ0) is 16.2. The predicted octanol–water partition coefficient (Wildman–Crippen LogP) is 2.74. The van der Waals surface area contributed by atoms with Gasteiger partial charge in [0.2, 0.25) is 4.80 Å². The molecule has 0 spiro atoms. The van der Waals surface area contributed by atoms with Gasteiger partial charge in [0.15, 0.2) is 0 Å². The average molecular weight is 330 g/mol. The minimum atomic E-state index is -0.0748. The van der Waals surface area contributed by atoms with Gasteiger partial charge in [0.05, 0.1) is 6.04 Å². The van der Waals surface area contributed by atoms with Crippen molar-refractivity contribution in [1.82, 2.24) is 15.1 Å². The number of hydrogen-bond donors (Lipinski definition) is 1. The van der Waals surface area contributed by atoms with Gasteiger partial charge in [0, 0.05) is 25.2 Å². The first kappa shape index (κ1) is 15.9. The van der Waals surface area contributed by atoms with Crippen LogP contribution in [-0.4, -0.2) is 28.8 Å². The molecule has 23 heavy (non-hydrogen) atoms. The van der Waals surface area contributed by atoms with E-state index >= 15 is 0 Å². The molecule has 122 valence electrons. The Hall–Kier alpha value is -1.95. The van der Waals surface area contributed by atoms with Crippen LogP contribution in [0.1, 0.15) is 42.5 Å². The monoisotopic (exact) mass is 330 g/mol. The molecule has 0 unspecified atom stereocenters. The van der Waals surface area contributed by atoms with Gasteiger partial charge in [-0.1, -0.05) is 42.7 Å². The molecule has 1 aliphatic rings. The fraction of sp³-hybridized carbons (Fsp3) is 0.471. The van der Waals surface area contributed by atoms with Crippen molar-refractivity contribution in [2.75, 3.05) is 7.05 Å². The molecule has 0 atom stereocenters. The van der Waals surface area contributed by atoms with Crippen LogP contribution < -0.4 is 10.1 Å². The number of hydrogen-bond acceptors (Lipinski definition) is 4. The molecule has 3 rings (SSSR count). The lowest BCUT2D eigenvalue weighted by molar-refractivity contribution is 0.0963. The second-order valence-electron chi connectivity index (χ2n) is 5.89. The van der Waals surface area contributed by atoms with Crippen molar-refractivity contribution in [3.05, 3.63) is 34.6 Å². The summed E-state index contributed by atoms with van der Waals surface area (Å²) in [5, 5.41) is 8.15. The zero-order valence-electron chi connectivity index (χ0n) is 13.6. The molecule has 5 nitrogen and oxygen atoms in total. The molecule has 0 aliphatic heterocycles. The van der Waals surface area contributed by atoms with E-state index in [1.165, 1.54) is 32.1 Å². The van der Waals surface area contributed by atoms with Gasteiger partial charge >= 0.3 is 0 Å². The van der Waals surface area contributed by atoms with E-state index in [4.69, 9.17) is 4.99 Å². The van der Waals surface area contributed by atoms with Crippen LogP contribution in [0.4, 0.5) is 0 Å². The highest BCUT2D eigenvalue weighted by atomic mass is 32.1. The van der Waals surface area contributed by atoms with Crippen LogP contribution in [0.25, 0.3) is 10.6 Å². The van der Waals surface area contributed by atoms with Gasteiger partial charge in [0.1, 0.15) is 5.01 Å². The Bertz CT molecular complexity index is 739. The smallest absolute Gasteiger partial charge is 0.251 e. The number of nitrogens with zero attached hydrogens (tertiary/aromatic N) is 3. The van der Waals surface area contributed by atoms with Crippen LogP contribution in [0.15, 0.2) is 29.3 Å². The fourth-order valence-corrected chi connectivity index (χ4v) is 3.82. The van der Waals surface area contributed by atoms with E-state index in [-0.39, 0.29) is 5.91 Å². The Morgan fingerprint density at radius 3 is 2.61 bits per heavy atom. The van der Waals surface area contributed by atoms with Crippen molar-refractivity contribution < 1.29 is 4.79 Å². The van der Waals surface area contributed by atoms with Gasteiger partial charge in [-0.25, -0.2) is 4.68 Å². The molecule has 1 amide bonds. The summed E-state index contributed by atoms with van der Waals surface area (Å²) in [7, 11) is 3.58. The summed E-state index contributed by atoms with van der Waals surface area (Å²) in [5.74, 6) is -0.0748. The summed E-state index contributed by atoms with van der Waals surface area (Å²) in [6.45, 7) is 0. The molecule has 1 N–H and O–H groups in total. The Balaban J connectivity index is 1.85. The third-order valence-electron chi connectivity index (χ3n) is 4.19. The standard InChI is InChI=1S/C17H22N4OS/c1-18-15(22)12-8-10-13(11-9-12)16-20-21(2)17(23-16)19-14-6-4-3-5-7-14/h8-11,14H,3-7H2,1-2H3,(H,18,22)/b19-17+. The summed E-state index contributed by atoms with van der Waals surface area (Å²) in [6, 6.07) is 7.97. The molecule has 0 saturated heterocycles. The molecule has 1 aromatic heterocycles. The first-order valence-corrected chi connectivity index (χ1v) is 8.89. The van der Waals surface area contributed by atoms with Crippen molar-refractivity contribution in [1.29, 1.82) is 0 Å². The number of benzene rings is 1. The van der Waals surface area contributed by atoms with Crippen molar-refractivity contribution in [3.8, 4) is 10.6 Å². The van der Waals surface area contributed by atoms with E-state index in [0.29, 0.717) is 11.6 Å². The maximum Gasteiger partial charge on any atom is 0.251 e. The van der Waals surface area contributed by atoms with E-state index < -0.39 is 0 Å². The van der Waals surface area contributed by atoms with E-state index in [0.717, 1.165) is 15.4 Å². The SMILES string of the molecule is CNC(=O)c1ccc(-c2nn(C)/c(=N\C3CCCCC3)s2)cc1. The first-order valence-electron chi connectivity index (χ1n) is 8.08. The van der Waals surface area contributed by atoms with E-state index in [2.05, 4.69) is 10.4 Å². The van der Waals surface area contributed by atoms with Gasteiger partial charge in [0.25, 0.3) is 5.91 Å². The van der Waals surface area contributed by atoms with Crippen molar-refractivity contribution in [2.45, 2.75) is 38.1 Å². The zero-order valence-corrected chi connectivity index (χ0v) is 14.4. The number of aromatic nitrogens is 2. The predicted molar refractivity (Wildman–Crippen MR) is 92.3 cm³/mol. The largest absolute Gasteiger partial charge is 0.355 e.